The number of hydrogen-bond donors (Lipinski definition) is 2. The van der Waals surface area contributed by atoms with Crippen LogP contribution in [0.5, 0.6) is 5.75 Å². The van der Waals surface area contributed by atoms with Gasteiger partial charge in [0.25, 0.3) is 0 Å². The van der Waals surface area contributed by atoms with E-state index in [2.05, 4.69) is 11.6 Å². The lowest BCUT2D eigenvalue weighted by atomic mass is 9.80. The van der Waals surface area contributed by atoms with Crippen LogP contribution in [0.1, 0.15) is 28.9 Å². The van der Waals surface area contributed by atoms with Crippen molar-refractivity contribution in [2.24, 2.45) is 11.3 Å². The third-order valence-electron chi connectivity index (χ3n) is 6.42. The zero-order chi connectivity index (χ0) is 21.5. The molecule has 2 N–H and O–H groups in total. The number of aromatic nitrogens is 1. The number of likely N-dealkylation sites (tertiary alicyclic amines) is 1. The topological polar surface area (TPSA) is 73.7 Å². The molecule has 0 bridgehead atoms. The van der Waals surface area contributed by atoms with Gasteiger partial charge < -0.3 is 10.2 Å². The van der Waals surface area contributed by atoms with Crippen molar-refractivity contribution in [2.45, 2.75) is 24.9 Å². The average molecular weight is 414 g/mol. The molecule has 2 aromatic rings. The Hall–Kier alpha value is -2.64. The minimum Gasteiger partial charge on any atom is -0.506 e. The van der Waals surface area contributed by atoms with Gasteiger partial charge in [0.15, 0.2) is 17.4 Å². The standard InChI is InChI=1S/C23H24F2N2O3/c1-2-22-13-23(30,8-15-3-5-18(24)19(25)7-15)9-16(22)11-27(14-22)12-21(29)20-6-4-17(28)10-26-20/h2-7,10,16,28,30H,1,8-9,11-14H2. The fourth-order valence-electron chi connectivity index (χ4n) is 5.14. The van der Waals surface area contributed by atoms with Gasteiger partial charge in [-0.05, 0) is 48.6 Å². The summed E-state index contributed by atoms with van der Waals surface area (Å²) in [5.74, 6) is -1.83. The predicted octanol–water partition coefficient (Wildman–Crippen LogP) is 3.12. The summed E-state index contributed by atoms with van der Waals surface area (Å²) in [6.45, 7) is 5.41. The highest BCUT2D eigenvalue weighted by Gasteiger charge is 2.56. The van der Waals surface area contributed by atoms with Crippen LogP contribution in [0.25, 0.3) is 0 Å². The number of halogens is 2. The number of fused-ring (bicyclic) bond motifs is 1. The molecule has 2 aliphatic rings. The molecule has 1 aromatic carbocycles. The molecule has 4 rings (SSSR count). The van der Waals surface area contributed by atoms with Crippen LogP contribution in [-0.2, 0) is 6.42 Å². The van der Waals surface area contributed by atoms with E-state index in [4.69, 9.17) is 0 Å². The van der Waals surface area contributed by atoms with E-state index in [1.54, 1.807) is 0 Å². The first-order valence-electron chi connectivity index (χ1n) is 9.92. The van der Waals surface area contributed by atoms with Crippen molar-refractivity contribution in [1.29, 1.82) is 0 Å². The Morgan fingerprint density at radius 2 is 2.10 bits per heavy atom. The van der Waals surface area contributed by atoms with Crippen LogP contribution < -0.4 is 0 Å². The van der Waals surface area contributed by atoms with Crippen molar-refractivity contribution in [3.05, 3.63) is 72.1 Å². The maximum absolute atomic E-state index is 13.6. The van der Waals surface area contributed by atoms with Crippen molar-refractivity contribution in [3.63, 3.8) is 0 Å². The molecule has 5 nitrogen and oxygen atoms in total. The molecule has 1 saturated carbocycles. The molecule has 0 amide bonds. The maximum Gasteiger partial charge on any atom is 0.195 e. The van der Waals surface area contributed by atoms with Gasteiger partial charge in [-0.3, -0.25) is 9.69 Å². The normalized spacial score (nSPS) is 28.4. The number of aromatic hydroxyl groups is 1. The summed E-state index contributed by atoms with van der Waals surface area (Å²) in [6, 6.07) is 6.65. The van der Waals surface area contributed by atoms with Crippen LogP contribution in [0.2, 0.25) is 0 Å². The van der Waals surface area contributed by atoms with Crippen LogP contribution in [-0.4, -0.2) is 51.1 Å². The Bertz CT molecular complexity index is 981. The Morgan fingerprint density at radius 3 is 2.73 bits per heavy atom. The fourth-order valence-corrected chi connectivity index (χ4v) is 5.14. The summed E-state index contributed by atoms with van der Waals surface area (Å²) in [6.07, 6.45) is 4.31. The minimum atomic E-state index is -1.03. The Morgan fingerprint density at radius 1 is 1.30 bits per heavy atom. The van der Waals surface area contributed by atoms with Gasteiger partial charge in [0, 0.05) is 24.9 Å². The van der Waals surface area contributed by atoms with E-state index in [1.165, 1.54) is 24.4 Å². The monoisotopic (exact) mass is 414 g/mol. The third kappa shape index (κ3) is 3.87. The summed E-state index contributed by atoms with van der Waals surface area (Å²) in [4.78, 5) is 18.5. The van der Waals surface area contributed by atoms with Gasteiger partial charge in [-0.15, -0.1) is 6.58 Å². The number of pyridine rings is 1. The quantitative estimate of drug-likeness (QED) is 0.561. The first kappa shape index (κ1) is 20.6. The second-order valence-corrected chi connectivity index (χ2v) is 8.66. The molecular formula is C23H24F2N2O3. The lowest BCUT2D eigenvalue weighted by Gasteiger charge is -2.29. The first-order chi connectivity index (χ1) is 14.2. The zero-order valence-electron chi connectivity index (χ0n) is 16.5. The van der Waals surface area contributed by atoms with Crippen molar-refractivity contribution in [1.82, 2.24) is 9.88 Å². The van der Waals surface area contributed by atoms with Crippen molar-refractivity contribution < 1.29 is 23.8 Å². The zero-order valence-corrected chi connectivity index (χ0v) is 16.5. The molecule has 3 unspecified atom stereocenters. The summed E-state index contributed by atoms with van der Waals surface area (Å²) < 4.78 is 26.8. The molecule has 0 radical (unpaired) electrons. The summed E-state index contributed by atoms with van der Waals surface area (Å²) in [5.41, 5.74) is -0.512. The number of rotatable bonds is 6. The average Bonchev–Trinajstić information content (AvgIpc) is 3.14. The second-order valence-electron chi connectivity index (χ2n) is 8.66. The summed E-state index contributed by atoms with van der Waals surface area (Å²) in [5, 5.41) is 20.5. The van der Waals surface area contributed by atoms with Crippen molar-refractivity contribution >= 4 is 5.78 Å². The van der Waals surface area contributed by atoms with Gasteiger partial charge in [-0.2, -0.15) is 0 Å². The third-order valence-corrected chi connectivity index (χ3v) is 6.42. The molecule has 30 heavy (non-hydrogen) atoms. The smallest absolute Gasteiger partial charge is 0.195 e. The van der Waals surface area contributed by atoms with Gasteiger partial charge in [-0.1, -0.05) is 12.1 Å². The molecule has 0 spiro atoms. The minimum absolute atomic E-state index is 0.00758. The number of carbonyl (C=O) groups excluding carboxylic acids is 1. The highest BCUT2D eigenvalue weighted by atomic mass is 19.2. The molecule has 1 aliphatic carbocycles. The van der Waals surface area contributed by atoms with Crippen molar-refractivity contribution in [3.8, 4) is 5.75 Å². The number of hydrogen-bond acceptors (Lipinski definition) is 5. The first-order valence-corrected chi connectivity index (χ1v) is 9.92. The van der Waals surface area contributed by atoms with Crippen LogP contribution in [0, 0.1) is 23.0 Å². The highest BCUT2D eigenvalue weighted by Crippen LogP contribution is 2.54. The van der Waals surface area contributed by atoms with Gasteiger partial charge in [0.1, 0.15) is 11.4 Å². The van der Waals surface area contributed by atoms with E-state index in [0.29, 0.717) is 37.2 Å². The van der Waals surface area contributed by atoms with Crippen LogP contribution in [0.15, 0.2) is 49.2 Å². The number of ketones is 1. The van der Waals surface area contributed by atoms with Crippen molar-refractivity contribution in [2.75, 3.05) is 19.6 Å². The van der Waals surface area contributed by atoms with E-state index >= 15 is 0 Å². The SMILES string of the molecule is C=CC12CN(CC(=O)c3ccc(O)cn3)CC1CC(O)(Cc1ccc(F)c(F)c1)C2. The van der Waals surface area contributed by atoms with E-state index in [9.17, 15) is 23.8 Å². The van der Waals surface area contributed by atoms with Gasteiger partial charge in [-0.25, -0.2) is 13.8 Å². The molecule has 1 aliphatic heterocycles. The number of Topliss-reactive ketones (excluding diaryl/α,β-unsaturated/α-hetero) is 1. The number of carbonyl (C=O) groups is 1. The van der Waals surface area contributed by atoms with Crippen LogP contribution in [0.4, 0.5) is 8.78 Å². The lowest BCUT2D eigenvalue weighted by molar-refractivity contribution is 0.0314. The summed E-state index contributed by atoms with van der Waals surface area (Å²) in [7, 11) is 0. The molecule has 7 heteroatoms. The van der Waals surface area contributed by atoms with E-state index in [0.717, 1.165) is 12.1 Å². The Labute approximate surface area is 173 Å². The van der Waals surface area contributed by atoms with Gasteiger partial charge >= 0.3 is 0 Å². The van der Waals surface area contributed by atoms with E-state index < -0.39 is 17.2 Å². The second kappa shape index (κ2) is 7.56. The molecule has 1 aromatic heterocycles. The predicted molar refractivity (Wildman–Crippen MR) is 107 cm³/mol. The summed E-state index contributed by atoms with van der Waals surface area (Å²) >= 11 is 0. The Kier molecular flexibility index (Phi) is 5.20. The molecule has 3 atom stereocenters. The van der Waals surface area contributed by atoms with E-state index in [-0.39, 0.29) is 35.8 Å². The molecule has 1 saturated heterocycles. The number of aliphatic hydroxyl groups is 1. The molecular weight excluding hydrogens is 390 g/mol. The largest absolute Gasteiger partial charge is 0.506 e. The molecule has 2 heterocycles. The molecule has 2 fully saturated rings. The lowest BCUT2D eigenvalue weighted by Crippen LogP contribution is -2.36. The van der Waals surface area contributed by atoms with Crippen LogP contribution in [0.3, 0.4) is 0 Å². The van der Waals surface area contributed by atoms with Gasteiger partial charge in [0.2, 0.25) is 0 Å². The van der Waals surface area contributed by atoms with Crippen LogP contribution >= 0.6 is 0 Å². The number of benzene rings is 1. The van der Waals surface area contributed by atoms with Gasteiger partial charge in [0.05, 0.1) is 18.3 Å². The molecule has 158 valence electrons. The maximum atomic E-state index is 13.6. The number of nitrogens with zero attached hydrogens (tertiary/aromatic N) is 2. The van der Waals surface area contributed by atoms with E-state index in [1.807, 2.05) is 11.0 Å². The fraction of sp³-hybridized carbons (Fsp3) is 0.391. The highest BCUT2D eigenvalue weighted by molar-refractivity contribution is 5.95. The Balaban J connectivity index is 1.43.